The highest BCUT2D eigenvalue weighted by Crippen LogP contribution is 2.25. The van der Waals surface area contributed by atoms with Crippen LogP contribution in [0.4, 0.5) is 5.69 Å². The second kappa shape index (κ2) is 10.6. The number of piperidine rings is 1. The third-order valence-corrected chi connectivity index (χ3v) is 6.46. The molecule has 2 fully saturated rings. The zero-order valence-corrected chi connectivity index (χ0v) is 18.8. The first-order chi connectivity index (χ1) is 15.6. The number of carbonyl (C=O) groups is 2. The quantitative estimate of drug-likeness (QED) is 0.698. The molecule has 2 saturated heterocycles. The fourth-order valence-electron chi connectivity index (χ4n) is 4.47. The van der Waals surface area contributed by atoms with E-state index in [1.807, 2.05) is 48.5 Å². The summed E-state index contributed by atoms with van der Waals surface area (Å²) in [6.45, 7) is 5.05. The molecule has 2 aromatic carbocycles. The minimum absolute atomic E-state index is 0.0139. The molecule has 170 valence electrons. The maximum absolute atomic E-state index is 12.8. The molecule has 2 amide bonds. The highest BCUT2D eigenvalue weighted by atomic mass is 16.5. The van der Waals surface area contributed by atoms with Crippen molar-refractivity contribution in [3.8, 4) is 0 Å². The lowest BCUT2D eigenvalue weighted by Crippen LogP contribution is -2.45. The van der Waals surface area contributed by atoms with Crippen molar-refractivity contribution in [1.29, 1.82) is 0 Å². The molecule has 2 heterocycles. The first-order valence-electron chi connectivity index (χ1n) is 11.8. The minimum atomic E-state index is -0.0537. The van der Waals surface area contributed by atoms with Crippen molar-refractivity contribution in [3.05, 3.63) is 65.2 Å². The van der Waals surface area contributed by atoms with Crippen molar-refractivity contribution in [2.24, 2.45) is 0 Å². The van der Waals surface area contributed by atoms with E-state index in [0.717, 1.165) is 57.5 Å². The van der Waals surface area contributed by atoms with Crippen LogP contribution in [0.3, 0.4) is 0 Å². The van der Waals surface area contributed by atoms with E-state index in [1.54, 1.807) is 0 Å². The number of rotatable bonds is 7. The summed E-state index contributed by atoms with van der Waals surface area (Å²) in [4.78, 5) is 27.7. The van der Waals surface area contributed by atoms with Crippen molar-refractivity contribution in [2.75, 3.05) is 31.1 Å². The van der Waals surface area contributed by atoms with E-state index < -0.39 is 0 Å². The molecular formula is C26H33N3O3. The number of nitrogens with one attached hydrogen (secondary N) is 2. The predicted octanol–water partition coefficient (Wildman–Crippen LogP) is 3.56. The summed E-state index contributed by atoms with van der Waals surface area (Å²) >= 11 is 0. The zero-order chi connectivity index (χ0) is 22.3. The van der Waals surface area contributed by atoms with Crippen LogP contribution in [0.25, 0.3) is 0 Å². The summed E-state index contributed by atoms with van der Waals surface area (Å²) in [6, 6.07) is 15.7. The third-order valence-electron chi connectivity index (χ3n) is 6.46. The van der Waals surface area contributed by atoms with Crippen molar-refractivity contribution < 1.29 is 14.3 Å². The molecule has 0 aliphatic carbocycles. The van der Waals surface area contributed by atoms with Crippen LogP contribution in [0, 0.1) is 0 Å². The summed E-state index contributed by atoms with van der Waals surface area (Å²) in [7, 11) is 0. The van der Waals surface area contributed by atoms with E-state index in [2.05, 4.69) is 22.5 Å². The van der Waals surface area contributed by atoms with E-state index >= 15 is 0 Å². The summed E-state index contributed by atoms with van der Waals surface area (Å²) in [6.07, 6.45) is 4.86. The standard InChI is InChI=1S/C26H33N3O3/c1-2-19-9-11-20(12-10-19)25(30)28-21-13-15-29(16-14-21)24-8-4-3-7-23(24)26(31)27-18-22-6-5-17-32-22/h3-4,7-12,21-22H,2,5-6,13-18H2,1H3,(H,27,31)(H,28,30)/t22-/m0/s1. The number of anilines is 1. The van der Waals surface area contributed by atoms with Crippen LogP contribution in [-0.2, 0) is 11.2 Å². The Kier molecular flexibility index (Phi) is 7.43. The van der Waals surface area contributed by atoms with Crippen molar-refractivity contribution in [3.63, 3.8) is 0 Å². The van der Waals surface area contributed by atoms with Gasteiger partial charge in [-0.25, -0.2) is 0 Å². The van der Waals surface area contributed by atoms with Crippen molar-refractivity contribution in [1.82, 2.24) is 10.6 Å². The van der Waals surface area contributed by atoms with Crippen LogP contribution < -0.4 is 15.5 Å². The molecular weight excluding hydrogens is 402 g/mol. The lowest BCUT2D eigenvalue weighted by molar-refractivity contribution is 0.0858. The largest absolute Gasteiger partial charge is 0.376 e. The summed E-state index contributed by atoms with van der Waals surface area (Å²) < 4.78 is 5.61. The Morgan fingerprint density at radius 2 is 1.75 bits per heavy atom. The second-order valence-corrected chi connectivity index (χ2v) is 8.65. The van der Waals surface area contributed by atoms with Crippen LogP contribution in [0.1, 0.15) is 58.9 Å². The Morgan fingerprint density at radius 1 is 1.00 bits per heavy atom. The van der Waals surface area contributed by atoms with Gasteiger partial charge < -0.3 is 20.3 Å². The lowest BCUT2D eigenvalue weighted by atomic mass is 10.0. The fraction of sp³-hybridized carbons (Fsp3) is 0.462. The molecule has 0 aromatic heterocycles. The Morgan fingerprint density at radius 3 is 2.44 bits per heavy atom. The number of aryl methyl sites for hydroxylation is 1. The number of benzene rings is 2. The van der Waals surface area contributed by atoms with Gasteiger partial charge in [0, 0.05) is 43.5 Å². The Balaban J connectivity index is 1.31. The van der Waals surface area contributed by atoms with Crippen molar-refractivity contribution in [2.45, 2.75) is 51.2 Å². The van der Waals surface area contributed by atoms with Gasteiger partial charge in [-0.3, -0.25) is 9.59 Å². The SMILES string of the molecule is CCc1ccc(C(=O)NC2CCN(c3ccccc3C(=O)NC[C@@H]3CCCO3)CC2)cc1. The Hall–Kier alpha value is -2.86. The van der Waals surface area contributed by atoms with Gasteiger partial charge in [0.2, 0.25) is 0 Å². The average Bonchev–Trinajstić information content (AvgIpc) is 3.37. The fourth-order valence-corrected chi connectivity index (χ4v) is 4.47. The van der Waals surface area contributed by atoms with Gasteiger partial charge in [0.25, 0.3) is 11.8 Å². The minimum Gasteiger partial charge on any atom is -0.376 e. The van der Waals surface area contributed by atoms with Gasteiger partial charge >= 0.3 is 0 Å². The van der Waals surface area contributed by atoms with Crippen LogP contribution in [-0.4, -0.2) is 50.2 Å². The number of para-hydroxylation sites is 1. The van der Waals surface area contributed by atoms with Gasteiger partial charge in [-0.05, 0) is 61.9 Å². The average molecular weight is 436 g/mol. The summed E-state index contributed by atoms with van der Waals surface area (Å²) in [5.74, 6) is -0.0675. The number of ether oxygens (including phenoxy) is 1. The molecule has 32 heavy (non-hydrogen) atoms. The number of carbonyl (C=O) groups excluding carboxylic acids is 2. The molecule has 6 heteroatoms. The van der Waals surface area contributed by atoms with Gasteiger partial charge in [-0.15, -0.1) is 0 Å². The third kappa shape index (κ3) is 5.49. The van der Waals surface area contributed by atoms with Gasteiger partial charge in [0.15, 0.2) is 0 Å². The number of nitrogens with zero attached hydrogens (tertiary/aromatic N) is 1. The topological polar surface area (TPSA) is 70.7 Å². The Bertz CT molecular complexity index is 914. The molecule has 0 saturated carbocycles. The molecule has 4 rings (SSSR count). The van der Waals surface area contributed by atoms with Gasteiger partial charge in [0.1, 0.15) is 0 Å². The maximum Gasteiger partial charge on any atom is 0.253 e. The summed E-state index contributed by atoms with van der Waals surface area (Å²) in [5, 5.41) is 6.21. The van der Waals surface area contributed by atoms with Crippen molar-refractivity contribution >= 4 is 17.5 Å². The second-order valence-electron chi connectivity index (χ2n) is 8.65. The molecule has 2 aromatic rings. The van der Waals surface area contributed by atoms with E-state index in [4.69, 9.17) is 4.74 Å². The van der Waals surface area contributed by atoms with Crippen LogP contribution in [0.2, 0.25) is 0 Å². The normalized spacial score (nSPS) is 19.0. The molecule has 0 unspecified atom stereocenters. The first-order valence-corrected chi connectivity index (χ1v) is 11.8. The zero-order valence-electron chi connectivity index (χ0n) is 18.8. The molecule has 2 aliphatic rings. The molecule has 2 N–H and O–H groups in total. The van der Waals surface area contributed by atoms with Crippen LogP contribution in [0.15, 0.2) is 48.5 Å². The van der Waals surface area contributed by atoms with E-state index in [-0.39, 0.29) is 24.0 Å². The van der Waals surface area contributed by atoms with Gasteiger partial charge in [0.05, 0.1) is 11.7 Å². The molecule has 1 atom stereocenters. The van der Waals surface area contributed by atoms with Crippen LogP contribution in [0.5, 0.6) is 0 Å². The maximum atomic E-state index is 12.8. The molecule has 0 bridgehead atoms. The monoisotopic (exact) mass is 435 g/mol. The predicted molar refractivity (Wildman–Crippen MR) is 126 cm³/mol. The van der Waals surface area contributed by atoms with E-state index in [0.29, 0.717) is 17.7 Å². The van der Waals surface area contributed by atoms with E-state index in [9.17, 15) is 9.59 Å². The van der Waals surface area contributed by atoms with Crippen LogP contribution >= 0.6 is 0 Å². The highest BCUT2D eigenvalue weighted by molar-refractivity contribution is 6.00. The van der Waals surface area contributed by atoms with Gasteiger partial charge in [-0.2, -0.15) is 0 Å². The molecule has 6 nitrogen and oxygen atoms in total. The number of hydrogen-bond donors (Lipinski definition) is 2. The van der Waals surface area contributed by atoms with Gasteiger partial charge in [-0.1, -0.05) is 31.2 Å². The smallest absolute Gasteiger partial charge is 0.253 e. The number of amides is 2. The molecule has 2 aliphatic heterocycles. The Labute approximate surface area is 190 Å². The molecule has 0 spiro atoms. The number of hydrogen-bond acceptors (Lipinski definition) is 4. The first kappa shape index (κ1) is 22.3. The molecule has 0 radical (unpaired) electrons. The lowest BCUT2D eigenvalue weighted by Gasteiger charge is -2.35. The highest BCUT2D eigenvalue weighted by Gasteiger charge is 2.24. The van der Waals surface area contributed by atoms with E-state index in [1.165, 1.54) is 5.56 Å². The summed E-state index contributed by atoms with van der Waals surface area (Å²) in [5.41, 5.74) is 3.59.